The highest BCUT2D eigenvalue weighted by Gasteiger charge is 2.36. The lowest BCUT2D eigenvalue weighted by molar-refractivity contribution is 0.0444. The van der Waals surface area contributed by atoms with Crippen molar-refractivity contribution in [2.75, 3.05) is 6.54 Å². The van der Waals surface area contributed by atoms with E-state index in [2.05, 4.69) is 5.32 Å². The normalized spacial score (nSPS) is 13.2. The molecule has 0 bridgehead atoms. The molecule has 0 radical (unpaired) electrons. The van der Waals surface area contributed by atoms with Crippen LogP contribution in [0.4, 0.5) is 0 Å². The number of aliphatic hydroxyl groups is 1. The largest absolute Gasteiger partial charge is 0.379 e. The quantitative estimate of drug-likeness (QED) is 0.861. The van der Waals surface area contributed by atoms with Crippen LogP contribution >= 0.6 is 0 Å². The third-order valence-electron chi connectivity index (χ3n) is 3.56. The number of hydrogen-bond acceptors (Lipinski definition) is 2. The number of likely N-dealkylation sites (N-methyl/N-ethyl adjacent to an activating group) is 1. The number of hydrogen-bond donors (Lipinski definition) is 2. The fourth-order valence-corrected chi connectivity index (χ4v) is 2.51. The van der Waals surface area contributed by atoms with E-state index in [1.165, 1.54) is 0 Å². The fourth-order valence-electron chi connectivity index (χ4n) is 2.51. The summed E-state index contributed by atoms with van der Waals surface area (Å²) in [4.78, 5) is 0. The zero-order valence-corrected chi connectivity index (χ0v) is 11.5. The van der Waals surface area contributed by atoms with E-state index in [9.17, 15) is 5.11 Å². The van der Waals surface area contributed by atoms with Gasteiger partial charge >= 0.3 is 0 Å². The van der Waals surface area contributed by atoms with Crippen LogP contribution in [0.2, 0.25) is 0 Å². The number of rotatable bonds is 5. The van der Waals surface area contributed by atoms with Crippen molar-refractivity contribution in [3.05, 3.63) is 71.8 Å². The molecular weight excluding hydrogens is 234 g/mol. The average Bonchev–Trinajstić information content (AvgIpc) is 2.48. The first-order valence-corrected chi connectivity index (χ1v) is 6.76. The summed E-state index contributed by atoms with van der Waals surface area (Å²) in [5, 5.41) is 14.6. The van der Waals surface area contributed by atoms with Crippen LogP contribution in [-0.4, -0.2) is 17.7 Å². The molecule has 2 rings (SSSR count). The van der Waals surface area contributed by atoms with Crippen molar-refractivity contribution in [3.63, 3.8) is 0 Å². The van der Waals surface area contributed by atoms with E-state index in [4.69, 9.17) is 0 Å². The number of nitrogens with one attached hydrogen (secondary N) is 1. The Bertz CT molecular complexity index is 456. The van der Waals surface area contributed by atoms with Crippen molar-refractivity contribution < 1.29 is 5.11 Å². The van der Waals surface area contributed by atoms with Crippen LogP contribution in [0, 0.1) is 0 Å². The molecule has 2 heteroatoms. The molecule has 1 unspecified atom stereocenters. The molecule has 0 saturated heterocycles. The zero-order valence-electron chi connectivity index (χ0n) is 11.5. The van der Waals surface area contributed by atoms with Crippen molar-refractivity contribution in [1.82, 2.24) is 5.32 Å². The van der Waals surface area contributed by atoms with Crippen LogP contribution in [0.1, 0.15) is 25.0 Å². The van der Waals surface area contributed by atoms with E-state index in [1.807, 2.05) is 74.5 Å². The minimum atomic E-state index is -1.02. The van der Waals surface area contributed by atoms with Gasteiger partial charge in [-0.1, -0.05) is 67.6 Å². The summed E-state index contributed by atoms with van der Waals surface area (Å²) < 4.78 is 0. The van der Waals surface area contributed by atoms with E-state index < -0.39 is 5.60 Å². The molecule has 2 nitrogen and oxygen atoms in total. The summed E-state index contributed by atoms with van der Waals surface area (Å²) in [6.45, 7) is 4.89. The molecule has 0 saturated carbocycles. The standard InChI is InChI=1S/C17H21NO/c1-3-18-14(2)17(19,15-10-6-4-7-11-15)16-12-8-5-9-13-16/h4-14,18-19H,3H2,1-2H3. The minimum Gasteiger partial charge on any atom is -0.379 e. The monoisotopic (exact) mass is 255 g/mol. The van der Waals surface area contributed by atoms with Crippen molar-refractivity contribution in [2.45, 2.75) is 25.5 Å². The van der Waals surface area contributed by atoms with Gasteiger partial charge in [-0.25, -0.2) is 0 Å². The van der Waals surface area contributed by atoms with Gasteiger partial charge in [0.2, 0.25) is 0 Å². The first kappa shape index (κ1) is 13.8. The molecular formula is C17H21NO. The lowest BCUT2D eigenvalue weighted by Crippen LogP contribution is -2.47. The van der Waals surface area contributed by atoms with Gasteiger partial charge < -0.3 is 10.4 Å². The van der Waals surface area contributed by atoms with Crippen molar-refractivity contribution in [1.29, 1.82) is 0 Å². The molecule has 2 N–H and O–H groups in total. The average molecular weight is 255 g/mol. The second-order valence-corrected chi connectivity index (χ2v) is 4.78. The molecule has 0 heterocycles. The Morgan fingerprint density at radius 3 is 1.74 bits per heavy atom. The van der Waals surface area contributed by atoms with Gasteiger partial charge in [0.25, 0.3) is 0 Å². The van der Waals surface area contributed by atoms with Crippen LogP contribution in [0.5, 0.6) is 0 Å². The van der Waals surface area contributed by atoms with E-state index in [0.29, 0.717) is 0 Å². The summed E-state index contributed by atoms with van der Waals surface area (Å²) in [5.41, 5.74) is 0.808. The van der Waals surface area contributed by atoms with Crippen LogP contribution in [0.15, 0.2) is 60.7 Å². The van der Waals surface area contributed by atoms with E-state index in [1.54, 1.807) is 0 Å². The highest BCUT2D eigenvalue weighted by atomic mass is 16.3. The van der Waals surface area contributed by atoms with Crippen molar-refractivity contribution in [2.24, 2.45) is 0 Å². The van der Waals surface area contributed by atoms with Crippen molar-refractivity contribution in [3.8, 4) is 0 Å². The molecule has 0 amide bonds. The summed E-state index contributed by atoms with van der Waals surface area (Å²) in [6.07, 6.45) is 0. The molecule has 100 valence electrons. The molecule has 1 atom stereocenters. The van der Waals surface area contributed by atoms with Gasteiger partial charge in [0.15, 0.2) is 0 Å². The van der Waals surface area contributed by atoms with Gasteiger partial charge in [0.05, 0.1) is 0 Å². The molecule has 2 aromatic rings. The number of benzene rings is 2. The second kappa shape index (κ2) is 6.00. The lowest BCUT2D eigenvalue weighted by atomic mass is 9.81. The third-order valence-corrected chi connectivity index (χ3v) is 3.56. The molecule has 0 aromatic heterocycles. The molecule has 0 aliphatic rings. The Morgan fingerprint density at radius 2 is 1.37 bits per heavy atom. The predicted molar refractivity (Wildman–Crippen MR) is 79.0 cm³/mol. The summed E-state index contributed by atoms with van der Waals surface area (Å²) >= 11 is 0. The van der Waals surface area contributed by atoms with Crippen LogP contribution < -0.4 is 5.32 Å². The predicted octanol–water partition coefficient (Wildman–Crippen LogP) is 2.92. The highest BCUT2D eigenvalue weighted by Crippen LogP contribution is 2.32. The lowest BCUT2D eigenvalue weighted by Gasteiger charge is -2.35. The Balaban J connectivity index is 2.51. The zero-order chi connectivity index (χ0) is 13.7. The second-order valence-electron chi connectivity index (χ2n) is 4.78. The van der Waals surface area contributed by atoms with Crippen LogP contribution in [0.3, 0.4) is 0 Å². The first-order chi connectivity index (χ1) is 9.19. The van der Waals surface area contributed by atoms with E-state index in [0.717, 1.165) is 17.7 Å². The van der Waals surface area contributed by atoms with Crippen LogP contribution in [0.25, 0.3) is 0 Å². The maximum absolute atomic E-state index is 11.3. The van der Waals surface area contributed by atoms with Gasteiger partial charge in [-0.2, -0.15) is 0 Å². The highest BCUT2D eigenvalue weighted by molar-refractivity contribution is 5.37. The minimum absolute atomic E-state index is 0.0673. The first-order valence-electron chi connectivity index (χ1n) is 6.76. The summed E-state index contributed by atoms with van der Waals surface area (Å²) in [5.74, 6) is 0. The van der Waals surface area contributed by atoms with Crippen molar-refractivity contribution >= 4 is 0 Å². The van der Waals surface area contributed by atoms with Gasteiger partial charge in [0, 0.05) is 6.04 Å². The third kappa shape index (κ3) is 2.70. The fraction of sp³-hybridized carbons (Fsp3) is 0.294. The molecule has 0 aliphatic heterocycles. The Hall–Kier alpha value is -1.64. The molecule has 0 spiro atoms. The smallest absolute Gasteiger partial charge is 0.130 e. The molecule has 0 aliphatic carbocycles. The van der Waals surface area contributed by atoms with E-state index in [-0.39, 0.29) is 6.04 Å². The molecule has 19 heavy (non-hydrogen) atoms. The summed E-state index contributed by atoms with van der Waals surface area (Å²) in [7, 11) is 0. The van der Waals surface area contributed by atoms with E-state index >= 15 is 0 Å². The maximum atomic E-state index is 11.3. The van der Waals surface area contributed by atoms with Gasteiger partial charge in [-0.05, 0) is 24.6 Å². The Morgan fingerprint density at radius 1 is 0.947 bits per heavy atom. The maximum Gasteiger partial charge on any atom is 0.130 e. The van der Waals surface area contributed by atoms with Gasteiger partial charge in [-0.15, -0.1) is 0 Å². The van der Waals surface area contributed by atoms with Crippen LogP contribution in [-0.2, 0) is 5.60 Å². The molecule has 0 fully saturated rings. The van der Waals surface area contributed by atoms with Gasteiger partial charge in [0.1, 0.15) is 5.60 Å². The SMILES string of the molecule is CCNC(C)C(O)(c1ccccc1)c1ccccc1. The van der Waals surface area contributed by atoms with Gasteiger partial charge in [-0.3, -0.25) is 0 Å². The topological polar surface area (TPSA) is 32.3 Å². The Labute approximate surface area is 115 Å². The summed E-state index contributed by atoms with van der Waals surface area (Å²) in [6, 6.07) is 19.6. The molecule has 2 aromatic carbocycles. The Kier molecular flexibility index (Phi) is 4.35.